The summed E-state index contributed by atoms with van der Waals surface area (Å²) in [6, 6.07) is 2.84. The Balaban J connectivity index is 2.89. The van der Waals surface area contributed by atoms with Crippen LogP contribution in [0.1, 0.15) is 13.8 Å². The largest absolute Gasteiger partial charge is 0.383 e. The molecule has 0 bridgehead atoms. The van der Waals surface area contributed by atoms with Crippen molar-refractivity contribution in [2.45, 2.75) is 18.7 Å². The minimum Gasteiger partial charge on any atom is -0.383 e. The minimum atomic E-state index is -3.78. The molecule has 8 heteroatoms. The third-order valence-corrected chi connectivity index (χ3v) is 4.08. The van der Waals surface area contributed by atoms with Crippen LogP contribution >= 0.6 is 0 Å². The molecule has 0 aliphatic heterocycles. The molecule has 0 aliphatic carbocycles. The Kier molecular flexibility index (Phi) is 4.48. The van der Waals surface area contributed by atoms with Crippen LogP contribution in [0.2, 0.25) is 0 Å². The van der Waals surface area contributed by atoms with E-state index < -0.39 is 15.4 Å². The number of aromatic nitrogens is 1. The molecule has 4 N–H and O–H groups in total. The van der Waals surface area contributed by atoms with Crippen molar-refractivity contribution >= 4 is 21.7 Å². The number of anilines is 1. The minimum absolute atomic E-state index is 0.0384. The summed E-state index contributed by atoms with van der Waals surface area (Å²) in [4.78, 5) is 15.2. The van der Waals surface area contributed by atoms with Crippen LogP contribution in [0.5, 0.6) is 0 Å². The summed E-state index contributed by atoms with van der Waals surface area (Å²) >= 11 is 0. The van der Waals surface area contributed by atoms with Gasteiger partial charge in [-0.1, -0.05) is 0 Å². The molecule has 1 aromatic rings. The fraction of sp³-hybridized carbons (Fsp3) is 0.455. The van der Waals surface area contributed by atoms with E-state index in [2.05, 4.69) is 15.0 Å². The van der Waals surface area contributed by atoms with Gasteiger partial charge in [-0.25, -0.2) is 18.1 Å². The first-order chi connectivity index (χ1) is 8.70. The molecule has 0 fully saturated rings. The second-order valence-electron chi connectivity index (χ2n) is 4.67. The van der Waals surface area contributed by atoms with Crippen LogP contribution in [0.3, 0.4) is 0 Å². The number of nitrogens with zero attached hydrogens (tertiary/aromatic N) is 1. The van der Waals surface area contributed by atoms with Crippen LogP contribution in [0.4, 0.5) is 5.82 Å². The van der Waals surface area contributed by atoms with Gasteiger partial charge < -0.3 is 11.1 Å². The third kappa shape index (κ3) is 3.65. The van der Waals surface area contributed by atoms with E-state index in [9.17, 15) is 13.2 Å². The average molecular weight is 286 g/mol. The molecule has 7 nitrogen and oxygen atoms in total. The van der Waals surface area contributed by atoms with E-state index in [4.69, 9.17) is 5.73 Å². The van der Waals surface area contributed by atoms with Crippen molar-refractivity contribution in [3.05, 3.63) is 18.3 Å². The van der Waals surface area contributed by atoms with Gasteiger partial charge in [0.05, 0.1) is 5.41 Å². The van der Waals surface area contributed by atoms with Gasteiger partial charge in [0, 0.05) is 19.8 Å². The van der Waals surface area contributed by atoms with Crippen molar-refractivity contribution in [1.29, 1.82) is 0 Å². The van der Waals surface area contributed by atoms with E-state index in [0.717, 1.165) is 0 Å². The summed E-state index contributed by atoms with van der Waals surface area (Å²) < 4.78 is 26.5. The summed E-state index contributed by atoms with van der Waals surface area (Å²) in [5.74, 6) is -0.331. The van der Waals surface area contributed by atoms with Crippen molar-refractivity contribution in [2.75, 3.05) is 19.3 Å². The highest BCUT2D eigenvalue weighted by atomic mass is 32.2. The predicted octanol–water partition coefficient (Wildman–Crippen LogP) is -0.286. The summed E-state index contributed by atoms with van der Waals surface area (Å²) in [6.45, 7) is 3.24. The van der Waals surface area contributed by atoms with Crippen LogP contribution in [0.25, 0.3) is 0 Å². The first kappa shape index (κ1) is 15.4. The van der Waals surface area contributed by atoms with E-state index in [1.165, 1.54) is 25.4 Å². The quantitative estimate of drug-likeness (QED) is 0.688. The summed E-state index contributed by atoms with van der Waals surface area (Å²) in [7, 11) is -2.29. The lowest BCUT2D eigenvalue weighted by molar-refractivity contribution is -0.128. The second kappa shape index (κ2) is 5.54. The Bertz CT molecular complexity index is 569. The molecular weight excluding hydrogens is 268 g/mol. The third-order valence-electron chi connectivity index (χ3n) is 2.64. The van der Waals surface area contributed by atoms with Gasteiger partial charge in [0.2, 0.25) is 15.9 Å². The Morgan fingerprint density at radius 2 is 2.11 bits per heavy atom. The van der Waals surface area contributed by atoms with E-state index in [-0.39, 0.29) is 23.2 Å². The van der Waals surface area contributed by atoms with E-state index in [1.807, 2.05) is 0 Å². The SMILES string of the molecule is CNC(=O)C(C)(C)CNS(=O)(=O)c1cccnc1N. The topological polar surface area (TPSA) is 114 Å². The molecule has 0 saturated carbocycles. The monoisotopic (exact) mass is 286 g/mol. The lowest BCUT2D eigenvalue weighted by Crippen LogP contribution is -2.43. The first-order valence-electron chi connectivity index (χ1n) is 5.63. The van der Waals surface area contributed by atoms with Crippen LogP contribution in [0.15, 0.2) is 23.2 Å². The maximum atomic E-state index is 12.0. The first-order valence-corrected chi connectivity index (χ1v) is 7.11. The van der Waals surface area contributed by atoms with Gasteiger partial charge in [0.25, 0.3) is 0 Å². The Labute approximate surface area is 112 Å². The summed E-state index contributed by atoms with van der Waals surface area (Å²) in [5, 5.41) is 2.48. The number of rotatable bonds is 5. The second-order valence-corrected chi connectivity index (χ2v) is 6.41. The molecular formula is C11H18N4O3S. The van der Waals surface area contributed by atoms with Crippen molar-refractivity contribution in [2.24, 2.45) is 5.41 Å². The number of nitrogen functional groups attached to an aromatic ring is 1. The number of pyridine rings is 1. The van der Waals surface area contributed by atoms with Gasteiger partial charge in [-0.05, 0) is 26.0 Å². The fourth-order valence-electron chi connectivity index (χ4n) is 1.40. The molecule has 106 valence electrons. The Morgan fingerprint density at radius 3 is 2.63 bits per heavy atom. The molecule has 1 rings (SSSR count). The molecule has 1 amide bonds. The van der Waals surface area contributed by atoms with Crippen LogP contribution in [-0.2, 0) is 14.8 Å². The Morgan fingerprint density at radius 1 is 1.47 bits per heavy atom. The smallest absolute Gasteiger partial charge is 0.244 e. The zero-order valence-corrected chi connectivity index (χ0v) is 11.9. The summed E-state index contributed by atoms with van der Waals surface area (Å²) in [5.41, 5.74) is 4.66. The lowest BCUT2D eigenvalue weighted by Gasteiger charge is -2.22. The number of amides is 1. The lowest BCUT2D eigenvalue weighted by atomic mass is 9.93. The van der Waals surface area contributed by atoms with Crippen molar-refractivity contribution in [3.63, 3.8) is 0 Å². The normalized spacial score (nSPS) is 12.2. The fourth-order valence-corrected chi connectivity index (χ4v) is 2.69. The molecule has 0 atom stereocenters. The van der Waals surface area contributed by atoms with Crippen LogP contribution in [-0.4, -0.2) is 32.9 Å². The van der Waals surface area contributed by atoms with Gasteiger partial charge in [0.15, 0.2) is 0 Å². The molecule has 0 aliphatic rings. The van der Waals surface area contributed by atoms with Gasteiger partial charge in [-0.3, -0.25) is 4.79 Å². The van der Waals surface area contributed by atoms with Crippen LogP contribution < -0.4 is 15.8 Å². The number of carbonyl (C=O) groups excluding carboxylic acids is 1. The molecule has 0 saturated heterocycles. The zero-order valence-electron chi connectivity index (χ0n) is 11.1. The standard InChI is InChI=1S/C11H18N4O3S/c1-11(2,10(16)13-3)7-15-19(17,18)8-5-4-6-14-9(8)12/h4-6,15H,7H2,1-3H3,(H2,12,14)(H,13,16). The molecule has 1 heterocycles. The zero-order chi connectivity index (χ0) is 14.7. The van der Waals surface area contributed by atoms with E-state index in [0.29, 0.717) is 0 Å². The van der Waals surface area contributed by atoms with Gasteiger partial charge in [-0.2, -0.15) is 0 Å². The van der Waals surface area contributed by atoms with Crippen molar-refractivity contribution in [3.8, 4) is 0 Å². The molecule has 0 aromatic carbocycles. The maximum absolute atomic E-state index is 12.0. The van der Waals surface area contributed by atoms with Crippen LogP contribution in [0, 0.1) is 5.41 Å². The van der Waals surface area contributed by atoms with E-state index >= 15 is 0 Å². The van der Waals surface area contributed by atoms with Gasteiger partial charge in [-0.15, -0.1) is 0 Å². The molecule has 1 aromatic heterocycles. The number of sulfonamides is 1. The highest BCUT2D eigenvalue weighted by Crippen LogP contribution is 2.18. The predicted molar refractivity (Wildman–Crippen MR) is 71.7 cm³/mol. The molecule has 0 radical (unpaired) electrons. The number of hydrogen-bond acceptors (Lipinski definition) is 5. The van der Waals surface area contributed by atoms with Gasteiger partial charge in [0.1, 0.15) is 10.7 Å². The summed E-state index contributed by atoms with van der Waals surface area (Å²) in [6.07, 6.45) is 1.41. The number of carbonyl (C=O) groups is 1. The number of nitrogens with one attached hydrogen (secondary N) is 2. The van der Waals surface area contributed by atoms with Crippen molar-refractivity contribution < 1.29 is 13.2 Å². The maximum Gasteiger partial charge on any atom is 0.244 e. The highest BCUT2D eigenvalue weighted by Gasteiger charge is 2.29. The molecule has 0 unspecified atom stereocenters. The highest BCUT2D eigenvalue weighted by molar-refractivity contribution is 7.89. The number of nitrogens with two attached hydrogens (primary N) is 1. The molecule has 0 spiro atoms. The molecule has 19 heavy (non-hydrogen) atoms. The van der Waals surface area contributed by atoms with E-state index in [1.54, 1.807) is 13.8 Å². The van der Waals surface area contributed by atoms with Crippen molar-refractivity contribution in [1.82, 2.24) is 15.0 Å². The van der Waals surface area contributed by atoms with Gasteiger partial charge >= 0.3 is 0 Å². The Hall–Kier alpha value is -1.67. The average Bonchev–Trinajstić information content (AvgIpc) is 2.36. The number of hydrogen-bond donors (Lipinski definition) is 3.